The van der Waals surface area contributed by atoms with Crippen LogP contribution in [0.1, 0.15) is 24.8 Å². The van der Waals surface area contributed by atoms with Crippen LogP contribution in [-0.4, -0.2) is 23.1 Å². The molecule has 0 atom stereocenters. The third-order valence-electron chi connectivity index (χ3n) is 3.75. The number of rotatable bonds is 2. The Balaban J connectivity index is 2.00. The first-order valence-electron chi connectivity index (χ1n) is 7.20. The molecule has 1 aromatic carbocycles. The van der Waals surface area contributed by atoms with Gasteiger partial charge >= 0.3 is 0 Å². The molecule has 2 aromatic rings. The maximum atomic E-state index is 6.38. The fourth-order valence-electron chi connectivity index (χ4n) is 2.67. The molecule has 0 aliphatic carbocycles. The van der Waals surface area contributed by atoms with Gasteiger partial charge in [0.2, 0.25) is 5.95 Å². The summed E-state index contributed by atoms with van der Waals surface area (Å²) in [5.41, 5.74) is 2.82. The highest BCUT2D eigenvalue weighted by atomic mass is 35.5. The highest BCUT2D eigenvalue weighted by Gasteiger charge is 2.19. The quantitative estimate of drug-likeness (QED) is 0.747. The van der Waals surface area contributed by atoms with Gasteiger partial charge in [-0.25, -0.2) is 9.97 Å². The SMILES string of the molecule is Cc1cccc(-c2c(Cl)nc(N3CCCCC3)nc2Cl)c1. The Morgan fingerprint density at radius 1 is 1.00 bits per heavy atom. The van der Waals surface area contributed by atoms with Crippen LogP contribution in [0.5, 0.6) is 0 Å². The average molecular weight is 322 g/mol. The molecule has 3 rings (SSSR count). The maximum Gasteiger partial charge on any atom is 0.228 e. The van der Waals surface area contributed by atoms with E-state index in [1.54, 1.807) is 0 Å². The van der Waals surface area contributed by atoms with Crippen molar-refractivity contribution in [2.45, 2.75) is 26.2 Å². The van der Waals surface area contributed by atoms with E-state index in [1.165, 1.54) is 6.42 Å². The zero-order valence-corrected chi connectivity index (χ0v) is 13.5. The predicted octanol–water partition coefficient (Wildman–Crippen LogP) is 4.75. The first kappa shape index (κ1) is 14.6. The summed E-state index contributed by atoms with van der Waals surface area (Å²) in [6.07, 6.45) is 3.59. The molecular weight excluding hydrogens is 305 g/mol. The molecule has 0 radical (unpaired) electrons. The Labute approximate surface area is 134 Å². The van der Waals surface area contributed by atoms with E-state index < -0.39 is 0 Å². The lowest BCUT2D eigenvalue weighted by atomic mass is 10.1. The van der Waals surface area contributed by atoms with Crippen molar-refractivity contribution >= 4 is 29.2 Å². The summed E-state index contributed by atoms with van der Waals surface area (Å²) in [5, 5.41) is 0.836. The van der Waals surface area contributed by atoms with Gasteiger partial charge in [0.25, 0.3) is 0 Å². The smallest absolute Gasteiger partial charge is 0.228 e. The number of aromatic nitrogens is 2. The molecule has 3 nitrogen and oxygen atoms in total. The minimum absolute atomic E-state index is 0.418. The lowest BCUT2D eigenvalue weighted by Gasteiger charge is -2.27. The molecule has 0 N–H and O–H groups in total. The monoisotopic (exact) mass is 321 g/mol. The first-order chi connectivity index (χ1) is 10.1. The van der Waals surface area contributed by atoms with Gasteiger partial charge in [-0.3, -0.25) is 0 Å². The Kier molecular flexibility index (Phi) is 4.32. The molecule has 0 amide bonds. The average Bonchev–Trinajstić information content (AvgIpc) is 2.47. The van der Waals surface area contributed by atoms with E-state index in [9.17, 15) is 0 Å². The van der Waals surface area contributed by atoms with Crippen molar-refractivity contribution in [3.05, 3.63) is 40.1 Å². The molecule has 0 spiro atoms. The van der Waals surface area contributed by atoms with Crippen molar-refractivity contribution in [1.82, 2.24) is 9.97 Å². The van der Waals surface area contributed by atoms with E-state index in [1.807, 2.05) is 31.2 Å². The maximum absolute atomic E-state index is 6.38. The van der Waals surface area contributed by atoms with E-state index in [0.717, 1.165) is 37.1 Å². The minimum atomic E-state index is 0.418. The number of hydrogen-bond acceptors (Lipinski definition) is 3. The highest BCUT2D eigenvalue weighted by molar-refractivity contribution is 6.37. The van der Waals surface area contributed by atoms with Crippen LogP contribution in [0.4, 0.5) is 5.95 Å². The van der Waals surface area contributed by atoms with Crippen LogP contribution in [0.15, 0.2) is 24.3 Å². The van der Waals surface area contributed by atoms with E-state index >= 15 is 0 Å². The van der Waals surface area contributed by atoms with E-state index in [-0.39, 0.29) is 0 Å². The number of benzene rings is 1. The topological polar surface area (TPSA) is 29.0 Å². The second-order valence-electron chi connectivity index (χ2n) is 5.40. The standard InChI is InChI=1S/C16H17Cl2N3/c1-11-6-5-7-12(10-11)13-14(17)19-16(20-15(13)18)21-8-3-2-4-9-21/h5-7,10H,2-4,8-9H2,1H3. The lowest BCUT2D eigenvalue weighted by Crippen LogP contribution is -2.31. The zero-order valence-electron chi connectivity index (χ0n) is 11.9. The number of piperidine rings is 1. The Bertz CT molecular complexity index is 629. The molecule has 0 unspecified atom stereocenters. The normalized spacial score (nSPS) is 15.3. The third kappa shape index (κ3) is 3.14. The number of aryl methyl sites for hydroxylation is 1. The van der Waals surface area contributed by atoms with Gasteiger partial charge < -0.3 is 4.90 Å². The summed E-state index contributed by atoms with van der Waals surface area (Å²) >= 11 is 12.8. The third-order valence-corrected chi connectivity index (χ3v) is 4.30. The number of nitrogens with zero attached hydrogens (tertiary/aromatic N) is 3. The highest BCUT2D eigenvalue weighted by Crippen LogP contribution is 2.34. The number of anilines is 1. The Hall–Kier alpha value is -1.32. The largest absolute Gasteiger partial charge is 0.341 e. The summed E-state index contributed by atoms with van der Waals surface area (Å²) in [5.74, 6) is 0.640. The minimum Gasteiger partial charge on any atom is -0.341 e. The van der Waals surface area contributed by atoms with Crippen molar-refractivity contribution in [2.24, 2.45) is 0 Å². The Morgan fingerprint density at radius 2 is 1.67 bits per heavy atom. The molecule has 1 saturated heterocycles. The Morgan fingerprint density at radius 3 is 2.29 bits per heavy atom. The van der Waals surface area contributed by atoms with Gasteiger partial charge in [0.05, 0.1) is 5.56 Å². The van der Waals surface area contributed by atoms with Crippen molar-refractivity contribution in [2.75, 3.05) is 18.0 Å². The molecule has 0 saturated carbocycles. The van der Waals surface area contributed by atoms with Gasteiger partial charge in [-0.1, -0.05) is 53.0 Å². The summed E-state index contributed by atoms with van der Waals surface area (Å²) in [4.78, 5) is 11.1. The van der Waals surface area contributed by atoms with Gasteiger partial charge in [-0.2, -0.15) is 0 Å². The molecule has 1 fully saturated rings. The summed E-state index contributed by atoms with van der Waals surface area (Å²) in [6.45, 7) is 3.97. The fraction of sp³-hybridized carbons (Fsp3) is 0.375. The molecule has 21 heavy (non-hydrogen) atoms. The summed E-state index contributed by atoms with van der Waals surface area (Å²) in [7, 11) is 0. The predicted molar refractivity (Wildman–Crippen MR) is 88.3 cm³/mol. The molecule has 1 aliphatic heterocycles. The molecule has 5 heteroatoms. The number of hydrogen-bond donors (Lipinski definition) is 0. The van der Waals surface area contributed by atoms with Crippen LogP contribution in [0.25, 0.3) is 11.1 Å². The lowest BCUT2D eigenvalue weighted by molar-refractivity contribution is 0.568. The fourth-order valence-corrected chi connectivity index (χ4v) is 3.27. The van der Waals surface area contributed by atoms with Gasteiger partial charge in [-0.15, -0.1) is 0 Å². The second kappa shape index (κ2) is 6.20. The van der Waals surface area contributed by atoms with E-state index in [4.69, 9.17) is 23.2 Å². The molecular formula is C16H17Cl2N3. The van der Waals surface area contributed by atoms with E-state index in [2.05, 4.69) is 14.9 Å². The van der Waals surface area contributed by atoms with Gasteiger partial charge in [-0.05, 0) is 31.7 Å². The van der Waals surface area contributed by atoms with Gasteiger partial charge in [0.1, 0.15) is 10.3 Å². The van der Waals surface area contributed by atoms with Crippen molar-refractivity contribution in [3.63, 3.8) is 0 Å². The van der Waals surface area contributed by atoms with Crippen LogP contribution in [0, 0.1) is 6.92 Å². The van der Waals surface area contributed by atoms with Crippen LogP contribution in [0.3, 0.4) is 0 Å². The van der Waals surface area contributed by atoms with Crippen LogP contribution in [-0.2, 0) is 0 Å². The molecule has 1 aromatic heterocycles. The second-order valence-corrected chi connectivity index (χ2v) is 6.11. The van der Waals surface area contributed by atoms with Crippen LogP contribution >= 0.6 is 23.2 Å². The zero-order chi connectivity index (χ0) is 14.8. The van der Waals surface area contributed by atoms with Gasteiger partial charge in [0.15, 0.2) is 0 Å². The molecule has 1 aliphatic rings. The molecule has 0 bridgehead atoms. The van der Waals surface area contributed by atoms with Gasteiger partial charge in [0, 0.05) is 13.1 Å². The van der Waals surface area contributed by atoms with E-state index in [0.29, 0.717) is 21.8 Å². The summed E-state index contributed by atoms with van der Waals surface area (Å²) < 4.78 is 0. The first-order valence-corrected chi connectivity index (χ1v) is 7.96. The molecule has 110 valence electrons. The number of halogens is 2. The molecule has 2 heterocycles. The van der Waals surface area contributed by atoms with Crippen molar-refractivity contribution in [3.8, 4) is 11.1 Å². The van der Waals surface area contributed by atoms with Crippen molar-refractivity contribution < 1.29 is 0 Å². The van der Waals surface area contributed by atoms with Crippen LogP contribution in [0.2, 0.25) is 10.3 Å². The summed E-state index contributed by atoms with van der Waals surface area (Å²) in [6, 6.07) is 8.03. The van der Waals surface area contributed by atoms with Crippen molar-refractivity contribution in [1.29, 1.82) is 0 Å². The van der Waals surface area contributed by atoms with Crippen LogP contribution < -0.4 is 4.90 Å².